The van der Waals surface area contributed by atoms with Crippen molar-refractivity contribution in [3.8, 4) is 0 Å². The Kier molecular flexibility index (Phi) is 6.32. The number of rotatable bonds is 7. The van der Waals surface area contributed by atoms with Gasteiger partial charge in [0.05, 0.1) is 19.8 Å². The van der Waals surface area contributed by atoms with Gasteiger partial charge in [-0.3, -0.25) is 4.57 Å². The number of alkyl halides is 1. The molecular formula is C10H20FO7P. The quantitative estimate of drug-likeness (QED) is 0.570. The fourth-order valence-corrected chi connectivity index (χ4v) is 3.56. The second-order valence-corrected chi connectivity index (χ2v) is 6.14. The van der Waals surface area contributed by atoms with E-state index in [0.29, 0.717) is 0 Å². The molecular weight excluding hydrogens is 282 g/mol. The Labute approximate surface area is 110 Å². The Morgan fingerprint density at radius 2 is 1.79 bits per heavy atom. The zero-order valence-corrected chi connectivity index (χ0v) is 11.7. The molecule has 0 radical (unpaired) electrons. The molecule has 0 bridgehead atoms. The molecule has 114 valence electrons. The summed E-state index contributed by atoms with van der Waals surface area (Å²) in [4.78, 5) is 0. The Morgan fingerprint density at radius 3 is 2.16 bits per heavy atom. The van der Waals surface area contributed by atoms with E-state index in [2.05, 4.69) is 0 Å². The lowest BCUT2D eigenvalue weighted by atomic mass is 10.1. The van der Waals surface area contributed by atoms with Crippen LogP contribution >= 0.6 is 7.60 Å². The van der Waals surface area contributed by atoms with Crippen molar-refractivity contribution < 1.29 is 38.1 Å². The van der Waals surface area contributed by atoms with Gasteiger partial charge in [0.15, 0.2) is 0 Å². The van der Waals surface area contributed by atoms with Gasteiger partial charge in [-0.2, -0.15) is 0 Å². The molecule has 1 unspecified atom stereocenters. The molecule has 1 rings (SSSR count). The van der Waals surface area contributed by atoms with E-state index in [4.69, 9.17) is 18.9 Å². The van der Waals surface area contributed by atoms with Gasteiger partial charge in [-0.05, 0) is 13.8 Å². The van der Waals surface area contributed by atoms with Gasteiger partial charge in [-0.15, -0.1) is 0 Å². The van der Waals surface area contributed by atoms with Crippen LogP contribution < -0.4 is 0 Å². The van der Waals surface area contributed by atoms with Gasteiger partial charge in [0, 0.05) is 0 Å². The number of aliphatic hydroxyl groups excluding tert-OH is 3. The summed E-state index contributed by atoms with van der Waals surface area (Å²) >= 11 is 0. The molecule has 0 aliphatic carbocycles. The highest BCUT2D eigenvalue weighted by Crippen LogP contribution is 2.56. The molecule has 5 atom stereocenters. The van der Waals surface area contributed by atoms with Gasteiger partial charge in [-0.1, -0.05) is 0 Å². The third-order valence-corrected chi connectivity index (χ3v) is 4.90. The smallest absolute Gasteiger partial charge is 0.367 e. The zero-order valence-electron chi connectivity index (χ0n) is 10.8. The van der Waals surface area contributed by atoms with Gasteiger partial charge in [0.1, 0.15) is 24.4 Å². The maximum absolute atomic E-state index is 14.3. The van der Waals surface area contributed by atoms with Crippen LogP contribution in [0.5, 0.6) is 0 Å². The molecule has 0 spiro atoms. The Morgan fingerprint density at radius 1 is 1.26 bits per heavy atom. The van der Waals surface area contributed by atoms with E-state index in [0.717, 1.165) is 0 Å². The average Bonchev–Trinajstić information content (AvgIpc) is 2.66. The molecule has 9 heteroatoms. The van der Waals surface area contributed by atoms with Gasteiger partial charge in [0.2, 0.25) is 5.91 Å². The lowest BCUT2D eigenvalue weighted by Crippen LogP contribution is -2.37. The van der Waals surface area contributed by atoms with E-state index >= 15 is 0 Å². The predicted molar refractivity (Wildman–Crippen MR) is 63.5 cm³/mol. The van der Waals surface area contributed by atoms with Crippen LogP contribution in [-0.4, -0.2) is 65.5 Å². The molecule has 1 aliphatic heterocycles. The van der Waals surface area contributed by atoms with Crippen molar-refractivity contribution in [2.75, 3.05) is 19.8 Å². The van der Waals surface area contributed by atoms with E-state index < -0.39 is 44.5 Å². The summed E-state index contributed by atoms with van der Waals surface area (Å²) in [5.41, 5.74) is 0. The molecule has 1 fully saturated rings. The summed E-state index contributed by atoms with van der Waals surface area (Å²) in [5, 5.41) is 28.1. The second-order valence-electron chi connectivity index (χ2n) is 4.05. The van der Waals surface area contributed by atoms with Crippen molar-refractivity contribution in [1.82, 2.24) is 0 Å². The monoisotopic (exact) mass is 302 g/mol. The minimum absolute atomic E-state index is 0.0352. The maximum atomic E-state index is 14.3. The van der Waals surface area contributed by atoms with Crippen LogP contribution in [0.3, 0.4) is 0 Å². The normalized spacial score (nSPS) is 33.6. The van der Waals surface area contributed by atoms with E-state index in [1.54, 1.807) is 0 Å². The Balaban J connectivity index is 2.86. The van der Waals surface area contributed by atoms with Gasteiger partial charge in [0.25, 0.3) is 0 Å². The largest absolute Gasteiger partial charge is 0.394 e. The van der Waals surface area contributed by atoms with E-state index in [1.807, 2.05) is 0 Å². The summed E-state index contributed by atoms with van der Waals surface area (Å²) in [5.74, 6) is -2.24. The fraction of sp³-hybridized carbons (Fsp3) is 1.00. The molecule has 0 saturated carbocycles. The number of hydrogen-bond acceptors (Lipinski definition) is 7. The number of ether oxygens (including phenoxy) is 1. The standard InChI is InChI=1S/C10H20FO7P/c1-3-16-19(15,17-4-2)10(11)9-8(14)7(13)6(5-12)18-9/h6-10,12-14H,3-5H2,1-2H3/t6-,7-,8+,9-,10?/m1/s1. The Hall–Kier alpha value is -0.0800. The van der Waals surface area contributed by atoms with Crippen LogP contribution in [0.1, 0.15) is 13.8 Å². The topological polar surface area (TPSA) is 105 Å². The van der Waals surface area contributed by atoms with E-state index in [9.17, 15) is 19.2 Å². The first-order valence-corrected chi connectivity index (χ1v) is 7.67. The highest BCUT2D eigenvalue weighted by atomic mass is 31.2. The predicted octanol–water partition coefficient (Wildman–Crippen LogP) is 0.0296. The summed E-state index contributed by atoms with van der Waals surface area (Å²) in [6.45, 7) is 2.39. The molecule has 0 amide bonds. The molecule has 1 heterocycles. The number of hydrogen-bond donors (Lipinski definition) is 3. The minimum Gasteiger partial charge on any atom is -0.394 e. The lowest BCUT2D eigenvalue weighted by molar-refractivity contribution is -0.0407. The van der Waals surface area contributed by atoms with Gasteiger partial charge < -0.3 is 29.1 Å². The van der Waals surface area contributed by atoms with Crippen LogP contribution in [0.15, 0.2) is 0 Å². The fourth-order valence-electron chi connectivity index (χ4n) is 1.88. The van der Waals surface area contributed by atoms with E-state index in [-0.39, 0.29) is 13.2 Å². The van der Waals surface area contributed by atoms with Crippen LogP contribution in [0.2, 0.25) is 0 Å². The van der Waals surface area contributed by atoms with Crippen molar-refractivity contribution in [1.29, 1.82) is 0 Å². The summed E-state index contributed by atoms with van der Waals surface area (Å²) in [6, 6.07) is 0. The maximum Gasteiger partial charge on any atom is 0.367 e. The molecule has 0 aromatic rings. The first-order valence-electron chi connectivity index (χ1n) is 6.06. The molecule has 1 saturated heterocycles. The first kappa shape index (κ1) is 17.0. The van der Waals surface area contributed by atoms with Crippen LogP contribution in [0.25, 0.3) is 0 Å². The van der Waals surface area contributed by atoms with Crippen molar-refractivity contribution in [3.05, 3.63) is 0 Å². The molecule has 7 nitrogen and oxygen atoms in total. The van der Waals surface area contributed by atoms with Gasteiger partial charge >= 0.3 is 7.60 Å². The first-order chi connectivity index (χ1) is 8.91. The van der Waals surface area contributed by atoms with E-state index in [1.165, 1.54) is 13.8 Å². The third kappa shape index (κ3) is 3.52. The SMILES string of the molecule is CCOP(=O)(OCC)C(F)[C@@H]1O[C@H](CO)[C@@H](O)[C@@H]1O. The summed E-state index contributed by atoms with van der Waals surface area (Å²) < 4.78 is 41.1. The lowest BCUT2D eigenvalue weighted by Gasteiger charge is -2.25. The summed E-state index contributed by atoms with van der Waals surface area (Å²) in [6.07, 6.45) is -5.77. The van der Waals surface area contributed by atoms with Gasteiger partial charge in [-0.25, -0.2) is 4.39 Å². The third-order valence-electron chi connectivity index (χ3n) is 2.77. The van der Waals surface area contributed by atoms with Crippen molar-refractivity contribution in [2.24, 2.45) is 0 Å². The molecule has 0 aromatic carbocycles. The molecule has 19 heavy (non-hydrogen) atoms. The Bertz CT molecular complexity index is 319. The van der Waals surface area contributed by atoms with Crippen LogP contribution in [0.4, 0.5) is 4.39 Å². The minimum atomic E-state index is -4.10. The highest BCUT2D eigenvalue weighted by molar-refractivity contribution is 7.54. The second kappa shape index (κ2) is 7.08. The zero-order chi connectivity index (χ0) is 14.6. The molecule has 0 aromatic heterocycles. The van der Waals surface area contributed by atoms with Crippen LogP contribution in [0, 0.1) is 0 Å². The summed E-state index contributed by atoms with van der Waals surface area (Å²) in [7, 11) is -4.10. The van der Waals surface area contributed by atoms with Crippen molar-refractivity contribution in [2.45, 2.75) is 44.2 Å². The number of aliphatic hydroxyl groups is 3. The van der Waals surface area contributed by atoms with Crippen molar-refractivity contribution in [3.63, 3.8) is 0 Å². The van der Waals surface area contributed by atoms with Crippen LogP contribution in [-0.2, 0) is 18.3 Å². The number of halogens is 1. The van der Waals surface area contributed by atoms with Crippen molar-refractivity contribution >= 4 is 7.60 Å². The highest BCUT2D eigenvalue weighted by Gasteiger charge is 2.53. The molecule has 3 N–H and O–H groups in total. The average molecular weight is 302 g/mol. The molecule has 1 aliphatic rings.